The van der Waals surface area contributed by atoms with Crippen LogP contribution in [0.2, 0.25) is 0 Å². The fraction of sp³-hybridized carbons (Fsp3) is 0.458. The van der Waals surface area contributed by atoms with Crippen molar-refractivity contribution >= 4 is 5.91 Å². The van der Waals surface area contributed by atoms with Crippen LogP contribution in [0.4, 0.5) is 0 Å². The summed E-state index contributed by atoms with van der Waals surface area (Å²) < 4.78 is 5.94. The van der Waals surface area contributed by atoms with Crippen molar-refractivity contribution in [1.82, 2.24) is 10.6 Å². The van der Waals surface area contributed by atoms with Crippen LogP contribution >= 0.6 is 0 Å². The lowest BCUT2D eigenvalue weighted by Gasteiger charge is -2.46. The summed E-state index contributed by atoms with van der Waals surface area (Å²) in [6.07, 6.45) is 1.79. The zero-order valence-corrected chi connectivity index (χ0v) is 18.0. The van der Waals surface area contributed by atoms with E-state index in [1.807, 2.05) is 25.1 Å². The molecule has 0 unspecified atom stereocenters. The number of aryl methyl sites for hydroxylation is 1. The lowest BCUT2D eigenvalue weighted by atomic mass is 9.79. The van der Waals surface area contributed by atoms with Gasteiger partial charge in [0.15, 0.2) is 0 Å². The minimum absolute atomic E-state index is 0.0155. The molecule has 1 heterocycles. The number of nitrogens with one attached hydrogen (secondary N) is 2. The van der Waals surface area contributed by atoms with E-state index in [0.29, 0.717) is 17.1 Å². The molecule has 1 saturated heterocycles. The molecule has 5 nitrogen and oxygen atoms in total. The van der Waals surface area contributed by atoms with Gasteiger partial charge < -0.3 is 20.5 Å². The molecular weight excluding hydrogens is 364 g/mol. The van der Waals surface area contributed by atoms with Crippen molar-refractivity contribution in [3.8, 4) is 11.5 Å². The number of hydrogen-bond donors (Lipinski definition) is 3. The van der Waals surface area contributed by atoms with E-state index in [2.05, 4.69) is 38.3 Å². The number of aliphatic hydroxyl groups excluding tert-OH is 1. The Kier molecular flexibility index (Phi) is 6.01. The lowest BCUT2D eigenvalue weighted by Crippen LogP contribution is -2.62. The minimum Gasteiger partial charge on any atom is -0.457 e. The molecule has 1 fully saturated rings. The Morgan fingerprint density at radius 3 is 2.31 bits per heavy atom. The number of amides is 1. The molecule has 0 spiro atoms. The van der Waals surface area contributed by atoms with Gasteiger partial charge in [-0.2, -0.15) is 0 Å². The fourth-order valence-corrected chi connectivity index (χ4v) is 4.35. The monoisotopic (exact) mass is 396 g/mol. The minimum atomic E-state index is -0.0616. The van der Waals surface area contributed by atoms with Crippen molar-refractivity contribution < 1.29 is 14.6 Å². The average molecular weight is 397 g/mol. The van der Waals surface area contributed by atoms with Gasteiger partial charge in [-0.05, 0) is 88.9 Å². The molecule has 29 heavy (non-hydrogen) atoms. The van der Waals surface area contributed by atoms with E-state index in [1.54, 1.807) is 24.3 Å². The molecule has 156 valence electrons. The molecule has 0 aliphatic carbocycles. The number of rotatable bonds is 5. The van der Waals surface area contributed by atoms with Crippen LogP contribution in [0.3, 0.4) is 0 Å². The number of carbonyl (C=O) groups excluding carboxylic acids is 1. The highest BCUT2D eigenvalue weighted by Crippen LogP contribution is 2.29. The van der Waals surface area contributed by atoms with Crippen LogP contribution in [-0.4, -0.2) is 28.1 Å². The zero-order valence-electron chi connectivity index (χ0n) is 18.0. The highest BCUT2D eigenvalue weighted by atomic mass is 16.5. The largest absolute Gasteiger partial charge is 0.457 e. The Labute approximate surface area is 173 Å². The number of benzene rings is 2. The van der Waals surface area contributed by atoms with Gasteiger partial charge in [0, 0.05) is 22.7 Å². The summed E-state index contributed by atoms with van der Waals surface area (Å²) in [6.45, 7) is 10.6. The summed E-state index contributed by atoms with van der Waals surface area (Å²) in [5.41, 5.74) is 2.37. The third-order valence-corrected chi connectivity index (χ3v) is 5.30. The topological polar surface area (TPSA) is 70.6 Å². The van der Waals surface area contributed by atoms with Gasteiger partial charge in [-0.25, -0.2) is 0 Å². The van der Waals surface area contributed by atoms with E-state index in [0.717, 1.165) is 24.0 Å². The first-order valence-electron chi connectivity index (χ1n) is 10.2. The Balaban J connectivity index is 1.66. The molecule has 1 aliphatic rings. The summed E-state index contributed by atoms with van der Waals surface area (Å²) >= 11 is 0. The Morgan fingerprint density at radius 1 is 1.10 bits per heavy atom. The predicted molar refractivity (Wildman–Crippen MR) is 115 cm³/mol. The molecule has 1 amide bonds. The van der Waals surface area contributed by atoms with Crippen LogP contribution in [0.15, 0.2) is 42.5 Å². The van der Waals surface area contributed by atoms with Gasteiger partial charge in [0.25, 0.3) is 5.91 Å². The quantitative estimate of drug-likeness (QED) is 0.704. The first-order chi connectivity index (χ1) is 13.6. The van der Waals surface area contributed by atoms with E-state index in [4.69, 9.17) is 4.74 Å². The molecule has 2 aromatic carbocycles. The SMILES string of the molecule is Cc1ccc(CO)cc1Oc1ccc(C(=O)NC2CC(C)(C)NC(C)(C)C2)cc1. The summed E-state index contributed by atoms with van der Waals surface area (Å²) in [5, 5.41) is 16.1. The molecule has 2 aromatic rings. The first-order valence-corrected chi connectivity index (χ1v) is 10.2. The van der Waals surface area contributed by atoms with Gasteiger partial charge in [-0.3, -0.25) is 4.79 Å². The Bertz CT molecular complexity index is 856. The molecule has 0 radical (unpaired) electrons. The Morgan fingerprint density at radius 2 is 1.72 bits per heavy atom. The fourth-order valence-electron chi connectivity index (χ4n) is 4.35. The summed E-state index contributed by atoms with van der Waals surface area (Å²) in [7, 11) is 0. The summed E-state index contributed by atoms with van der Waals surface area (Å²) in [4.78, 5) is 12.7. The van der Waals surface area contributed by atoms with Gasteiger partial charge in [0.2, 0.25) is 0 Å². The molecule has 0 atom stereocenters. The molecule has 0 bridgehead atoms. The van der Waals surface area contributed by atoms with E-state index in [9.17, 15) is 9.90 Å². The van der Waals surface area contributed by atoms with Gasteiger partial charge >= 0.3 is 0 Å². The maximum Gasteiger partial charge on any atom is 0.251 e. The standard InChI is InChI=1S/C24H32N2O3/c1-16-6-7-17(15-27)12-21(16)29-20-10-8-18(9-11-20)22(28)25-19-13-23(2,3)26-24(4,5)14-19/h6-12,19,26-27H,13-15H2,1-5H3,(H,25,28). The number of ether oxygens (including phenoxy) is 1. The first kappa shape index (κ1) is 21.3. The Hall–Kier alpha value is -2.37. The van der Waals surface area contributed by atoms with Crippen LogP contribution in [0.5, 0.6) is 11.5 Å². The van der Waals surface area contributed by atoms with Crippen molar-refractivity contribution in [3.05, 3.63) is 59.2 Å². The highest BCUT2D eigenvalue weighted by Gasteiger charge is 2.38. The number of carbonyl (C=O) groups is 1. The summed E-state index contributed by atoms with van der Waals surface area (Å²) in [6, 6.07) is 12.9. The normalized spacial score (nSPS) is 18.3. The van der Waals surface area contributed by atoms with E-state index in [-0.39, 0.29) is 29.6 Å². The van der Waals surface area contributed by atoms with Crippen molar-refractivity contribution in [2.24, 2.45) is 0 Å². The summed E-state index contributed by atoms with van der Waals surface area (Å²) in [5.74, 6) is 1.30. The van der Waals surface area contributed by atoms with Crippen LogP contribution in [0, 0.1) is 6.92 Å². The second-order valence-corrected chi connectivity index (χ2v) is 9.36. The van der Waals surface area contributed by atoms with Crippen LogP contribution in [0.1, 0.15) is 62.0 Å². The maximum absolute atomic E-state index is 12.7. The van der Waals surface area contributed by atoms with E-state index in [1.165, 1.54) is 0 Å². The molecular formula is C24H32N2O3. The number of hydrogen-bond acceptors (Lipinski definition) is 4. The van der Waals surface area contributed by atoms with Crippen LogP contribution in [-0.2, 0) is 6.61 Å². The molecule has 0 aromatic heterocycles. The third-order valence-electron chi connectivity index (χ3n) is 5.30. The van der Waals surface area contributed by atoms with Crippen LogP contribution in [0.25, 0.3) is 0 Å². The van der Waals surface area contributed by atoms with Gasteiger partial charge in [0.1, 0.15) is 11.5 Å². The molecule has 3 N–H and O–H groups in total. The van der Waals surface area contributed by atoms with Crippen molar-refractivity contribution in [2.45, 2.75) is 71.2 Å². The van der Waals surface area contributed by atoms with Crippen molar-refractivity contribution in [1.29, 1.82) is 0 Å². The maximum atomic E-state index is 12.7. The van der Waals surface area contributed by atoms with Gasteiger partial charge in [0.05, 0.1) is 6.61 Å². The van der Waals surface area contributed by atoms with Crippen LogP contribution < -0.4 is 15.4 Å². The molecule has 3 rings (SSSR count). The van der Waals surface area contributed by atoms with Crippen molar-refractivity contribution in [2.75, 3.05) is 0 Å². The lowest BCUT2D eigenvalue weighted by molar-refractivity contribution is 0.0873. The average Bonchev–Trinajstić information content (AvgIpc) is 2.61. The van der Waals surface area contributed by atoms with Gasteiger partial charge in [-0.15, -0.1) is 0 Å². The number of aliphatic hydroxyl groups is 1. The van der Waals surface area contributed by atoms with Gasteiger partial charge in [-0.1, -0.05) is 12.1 Å². The van der Waals surface area contributed by atoms with E-state index >= 15 is 0 Å². The number of piperidine rings is 1. The smallest absolute Gasteiger partial charge is 0.251 e. The second-order valence-electron chi connectivity index (χ2n) is 9.36. The third kappa shape index (κ3) is 5.58. The molecule has 1 aliphatic heterocycles. The zero-order chi connectivity index (χ0) is 21.2. The highest BCUT2D eigenvalue weighted by molar-refractivity contribution is 5.94. The molecule has 5 heteroatoms. The second kappa shape index (κ2) is 8.17. The van der Waals surface area contributed by atoms with E-state index < -0.39 is 0 Å². The predicted octanol–water partition coefficient (Wildman–Crippen LogP) is 4.32. The van der Waals surface area contributed by atoms with Crippen molar-refractivity contribution in [3.63, 3.8) is 0 Å². The molecule has 0 saturated carbocycles.